The van der Waals surface area contributed by atoms with Crippen molar-refractivity contribution in [2.75, 3.05) is 11.9 Å². The number of rotatable bonds is 3. The van der Waals surface area contributed by atoms with Crippen LogP contribution in [-0.2, 0) is 4.74 Å². The van der Waals surface area contributed by atoms with E-state index in [1.807, 2.05) is 0 Å². The van der Waals surface area contributed by atoms with Gasteiger partial charge in [0.25, 0.3) is 0 Å². The number of hydrogen-bond acceptors (Lipinski definition) is 3. The lowest BCUT2D eigenvalue weighted by molar-refractivity contribution is 0.0526. The molecule has 1 aromatic rings. The van der Waals surface area contributed by atoms with Crippen LogP contribution in [0.1, 0.15) is 24.2 Å². The molecule has 80 valence electrons. The van der Waals surface area contributed by atoms with Crippen LogP contribution in [0, 0.1) is 0 Å². The molecule has 1 N–H and O–H groups in total. The Morgan fingerprint density at radius 2 is 2.00 bits per heavy atom. The number of ether oxygens (including phenoxy) is 1. The average molecular weight is 223 g/mol. The van der Waals surface area contributed by atoms with E-state index in [2.05, 4.69) is 5.32 Å². The average Bonchev–Trinajstić information content (AvgIpc) is 2.18. The molecule has 1 aromatic carbocycles. The highest BCUT2D eigenvalue weighted by molar-refractivity contribution is 7.80. The van der Waals surface area contributed by atoms with Crippen molar-refractivity contribution >= 4 is 28.9 Å². The van der Waals surface area contributed by atoms with Gasteiger partial charge in [-0.05, 0) is 38.1 Å². The third-order valence-corrected chi connectivity index (χ3v) is 1.82. The first-order valence-corrected chi connectivity index (χ1v) is 5.09. The second-order valence-electron chi connectivity index (χ2n) is 2.98. The number of carbonyl (C=O) groups excluding carboxylic acids is 1. The summed E-state index contributed by atoms with van der Waals surface area (Å²) in [6, 6.07) is 7.00. The standard InChI is InChI=1S/C11H13NO2S/c1-3-14-11(13)9-4-6-10(7-5-9)12-8(2)15/h4-7H,3H2,1-2H3,(H,12,15). The second-order valence-corrected chi connectivity index (χ2v) is 3.59. The van der Waals surface area contributed by atoms with E-state index >= 15 is 0 Å². The Hall–Kier alpha value is -1.42. The van der Waals surface area contributed by atoms with Crippen LogP contribution in [0.3, 0.4) is 0 Å². The summed E-state index contributed by atoms with van der Waals surface area (Å²) in [5, 5.41) is 2.98. The lowest BCUT2D eigenvalue weighted by Crippen LogP contribution is -2.06. The van der Waals surface area contributed by atoms with Crippen molar-refractivity contribution in [3.63, 3.8) is 0 Å². The SMILES string of the molecule is CCOC(=O)c1ccc(NC(C)=S)cc1. The lowest BCUT2D eigenvalue weighted by atomic mass is 10.2. The molecule has 15 heavy (non-hydrogen) atoms. The van der Waals surface area contributed by atoms with E-state index in [1.54, 1.807) is 38.1 Å². The number of esters is 1. The molecule has 3 nitrogen and oxygen atoms in total. The van der Waals surface area contributed by atoms with Crippen molar-refractivity contribution in [3.8, 4) is 0 Å². The zero-order valence-electron chi connectivity index (χ0n) is 8.74. The molecule has 0 saturated heterocycles. The van der Waals surface area contributed by atoms with Crippen molar-refractivity contribution < 1.29 is 9.53 Å². The van der Waals surface area contributed by atoms with Gasteiger partial charge in [0.05, 0.1) is 17.2 Å². The first-order valence-electron chi connectivity index (χ1n) is 4.68. The number of carbonyl (C=O) groups is 1. The van der Waals surface area contributed by atoms with Crippen LogP contribution in [0.15, 0.2) is 24.3 Å². The van der Waals surface area contributed by atoms with E-state index < -0.39 is 0 Å². The van der Waals surface area contributed by atoms with Gasteiger partial charge in [-0.25, -0.2) is 4.79 Å². The fraction of sp³-hybridized carbons (Fsp3) is 0.273. The quantitative estimate of drug-likeness (QED) is 0.631. The molecule has 4 heteroatoms. The second kappa shape index (κ2) is 5.46. The molecule has 0 amide bonds. The van der Waals surface area contributed by atoms with E-state index in [4.69, 9.17) is 17.0 Å². The summed E-state index contributed by atoms with van der Waals surface area (Å²) in [7, 11) is 0. The normalized spacial score (nSPS) is 9.47. The Kier molecular flexibility index (Phi) is 4.24. The Bertz CT molecular complexity index is 359. The summed E-state index contributed by atoms with van der Waals surface area (Å²) >= 11 is 4.90. The molecule has 0 radical (unpaired) electrons. The van der Waals surface area contributed by atoms with Crippen LogP contribution in [0.2, 0.25) is 0 Å². The molecule has 0 unspecified atom stereocenters. The maximum atomic E-state index is 11.3. The van der Waals surface area contributed by atoms with Gasteiger partial charge in [0, 0.05) is 5.69 Å². The van der Waals surface area contributed by atoms with E-state index in [-0.39, 0.29) is 5.97 Å². The molecule has 0 heterocycles. The zero-order valence-corrected chi connectivity index (χ0v) is 9.56. The first-order chi connectivity index (χ1) is 7.13. The number of benzene rings is 1. The van der Waals surface area contributed by atoms with Crippen LogP contribution in [0.5, 0.6) is 0 Å². The Labute approximate surface area is 94.4 Å². The highest BCUT2D eigenvalue weighted by Crippen LogP contribution is 2.10. The van der Waals surface area contributed by atoms with Crippen molar-refractivity contribution in [1.82, 2.24) is 0 Å². The van der Waals surface area contributed by atoms with Gasteiger partial charge in [-0.3, -0.25) is 0 Å². The van der Waals surface area contributed by atoms with Gasteiger partial charge in [-0.2, -0.15) is 0 Å². The van der Waals surface area contributed by atoms with Crippen LogP contribution in [-0.4, -0.2) is 17.6 Å². The van der Waals surface area contributed by atoms with Crippen molar-refractivity contribution in [1.29, 1.82) is 0 Å². The predicted molar refractivity (Wildman–Crippen MR) is 64.3 cm³/mol. The summed E-state index contributed by atoms with van der Waals surface area (Å²) in [6.07, 6.45) is 0. The van der Waals surface area contributed by atoms with Gasteiger partial charge >= 0.3 is 5.97 Å². The lowest BCUT2D eigenvalue weighted by Gasteiger charge is -2.05. The fourth-order valence-corrected chi connectivity index (χ4v) is 1.23. The van der Waals surface area contributed by atoms with Crippen molar-refractivity contribution in [3.05, 3.63) is 29.8 Å². The van der Waals surface area contributed by atoms with Crippen LogP contribution < -0.4 is 5.32 Å². The van der Waals surface area contributed by atoms with Crippen LogP contribution >= 0.6 is 12.2 Å². The zero-order chi connectivity index (χ0) is 11.3. The topological polar surface area (TPSA) is 38.3 Å². The molecule has 0 fully saturated rings. The molecule has 0 aliphatic carbocycles. The maximum Gasteiger partial charge on any atom is 0.338 e. The molecule has 0 bridgehead atoms. The van der Waals surface area contributed by atoms with Gasteiger partial charge < -0.3 is 10.1 Å². The third-order valence-electron chi connectivity index (χ3n) is 1.72. The largest absolute Gasteiger partial charge is 0.462 e. The van der Waals surface area contributed by atoms with Gasteiger partial charge in [-0.1, -0.05) is 12.2 Å². The van der Waals surface area contributed by atoms with E-state index in [0.717, 1.165) is 5.69 Å². The fourth-order valence-electron chi connectivity index (χ4n) is 1.11. The summed E-state index contributed by atoms with van der Waals surface area (Å²) < 4.78 is 4.86. The molecule has 0 spiro atoms. The monoisotopic (exact) mass is 223 g/mol. The number of anilines is 1. The van der Waals surface area contributed by atoms with E-state index in [1.165, 1.54) is 0 Å². The highest BCUT2D eigenvalue weighted by Gasteiger charge is 2.05. The summed E-state index contributed by atoms with van der Waals surface area (Å²) in [5.74, 6) is -0.303. The smallest absolute Gasteiger partial charge is 0.338 e. The van der Waals surface area contributed by atoms with Gasteiger partial charge in [0.2, 0.25) is 0 Å². The third kappa shape index (κ3) is 3.67. The van der Waals surface area contributed by atoms with Gasteiger partial charge in [0.15, 0.2) is 0 Å². The van der Waals surface area contributed by atoms with Crippen molar-refractivity contribution in [2.24, 2.45) is 0 Å². The van der Waals surface area contributed by atoms with E-state index in [9.17, 15) is 4.79 Å². The number of hydrogen-bond donors (Lipinski definition) is 1. The summed E-state index contributed by atoms with van der Waals surface area (Å²) in [5.41, 5.74) is 1.42. The predicted octanol–water partition coefficient (Wildman–Crippen LogP) is 2.62. The van der Waals surface area contributed by atoms with Crippen molar-refractivity contribution in [2.45, 2.75) is 13.8 Å². The van der Waals surface area contributed by atoms with Gasteiger partial charge in [-0.15, -0.1) is 0 Å². The minimum atomic E-state index is -0.303. The molecule has 0 aromatic heterocycles. The Balaban J connectivity index is 2.71. The molecule has 0 saturated carbocycles. The Morgan fingerprint density at radius 1 is 1.40 bits per heavy atom. The summed E-state index contributed by atoms with van der Waals surface area (Å²) in [6.45, 7) is 3.97. The highest BCUT2D eigenvalue weighted by atomic mass is 32.1. The van der Waals surface area contributed by atoms with Crippen LogP contribution in [0.25, 0.3) is 0 Å². The summed E-state index contributed by atoms with van der Waals surface area (Å²) in [4.78, 5) is 12.0. The Morgan fingerprint density at radius 3 is 2.47 bits per heavy atom. The van der Waals surface area contributed by atoms with Crippen LogP contribution in [0.4, 0.5) is 5.69 Å². The van der Waals surface area contributed by atoms with Gasteiger partial charge in [0.1, 0.15) is 0 Å². The number of nitrogens with one attached hydrogen (secondary N) is 1. The molecule has 0 aliphatic heterocycles. The molecule has 0 aliphatic rings. The minimum Gasteiger partial charge on any atom is -0.462 e. The molecular weight excluding hydrogens is 210 g/mol. The maximum absolute atomic E-state index is 11.3. The minimum absolute atomic E-state index is 0.303. The number of thiocarbonyl (C=S) groups is 1. The molecule has 0 atom stereocenters. The molecular formula is C11H13NO2S. The molecule has 1 rings (SSSR count). The van der Waals surface area contributed by atoms with E-state index in [0.29, 0.717) is 17.2 Å². The first kappa shape index (κ1) is 11.7.